The molecule has 0 unspecified atom stereocenters. The molecule has 1 saturated heterocycles. The van der Waals surface area contributed by atoms with Gasteiger partial charge in [-0.2, -0.15) is 0 Å². The Morgan fingerprint density at radius 2 is 1.76 bits per heavy atom. The summed E-state index contributed by atoms with van der Waals surface area (Å²) in [5.74, 6) is 0.102. The van der Waals surface area contributed by atoms with Gasteiger partial charge in [-0.1, -0.05) is 0 Å². The lowest BCUT2D eigenvalue weighted by Crippen LogP contribution is -2.44. The van der Waals surface area contributed by atoms with Gasteiger partial charge >= 0.3 is 0 Å². The molecule has 2 aromatic heterocycles. The van der Waals surface area contributed by atoms with Crippen LogP contribution in [0.4, 0.5) is 22.7 Å². The summed E-state index contributed by atoms with van der Waals surface area (Å²) >= 11 is 0. The van der Waals surface area contributed by atoms with Crippen molar-refractivity contribution in [2.75, 3.05) is 48.8 Å². The Hall–Kier alpha value is -3.65. The van der Waals surface area contributed by atoms with Crippen molar-refractivity contribution in [2.45, 2.75) is 25.7 Å². The number of rotatable bonds is 6. The summed E-state index contributed by atoms with van der Waals surface area (Å²) in [4.78, 5) is 37.4. The van der Waals surface area contributed by atoms with Crippen molar-refractivity contribution in [3.05, 3.63) is 76.0 Å². The summed E-state index contributed by atoms with van der Waals surface area (Å²) < 4.78 is 0. The predicted molar refractivity (Wildman–Crippen MR) is 135 cm³/mol. The number of anilines is 4. The van der Waals surface area contributed by atoms with E-state index < -0.39 is 11.5 Å². The molecule has 0 spiro atoms. The number of likely N-dealkylation sites (N-methyl/N-ethyl adjacent to an activating group) is 1. The minimum Gasteiger partial charge on any atom is -0.369 e. The highest BCUT2D eigenvalue weighted by molar-refractivity contribution is 6.08. The van der Waals surface area contributed by atoms with E-state index in [9.17, 15) is 9.59 Å². The normalized spacial score (nSPS) is 16.4. The van der Waals surface area contributed by atoms with Crippen LogP contribution in [0.15, 0.2) is 53.7 Å². The number of nitrogens with one attached hydrogen (secondary N) is 3. The Balaban J connectivity index is 1.34. The molecule has 2 fully saturated rings. The second-order valence-electron chi connectivity index (χ2n) is 9.19. The predicted octanol–water partition coefficient (Wildman–Crippen LogP) is 3.70. The van der Waals surface area contributed by atoms with Gasteiger partial charge in [0, 0.05) is 49.9 Å². The average molecular weight is 459 g/mol. The molecule has 3 aromatic rings. The lowest BCUT2D eigenvalue weighted by Gasteiger charge is -2.34. The van der Waals surface area contributed by atoms with Crippen LogP contribution in [0.25, 0.3) is 0 Å². The molecule has 0 atom stereocenters. The van der Waals surface area contributed by atoms with Crippen LogP contribution in [-0.4, -0.2) is 54.0 Å². The first-order chi connectivity index (χ1) is 16.5. The number of hydrogen-bond acceptors (Lipinski definition) is 6. The third kappa shape index (κ3) is 4.68. The Labute approximate surface area is 199 Å². The number of amides is 1. The summed E-state index contributed by atoms with van der Waals surface area (Å²) in [5.41, 5.74) is 4.95. The van der Waals surface area contributed by atoms with E-state index in [4.69, 9.17) is 0 Å². The van der Waals surface area contributed by atoms with Gasteiger partial charge in [-0.3, -0.25) is 14.6 Å². The molecule has 1 saturated carbocycles. The first-order valence-electron chi connectivity index (χ1n) is 11.8. The number of carbonyl (C=O) groups is 1. The van der Waals surface area contributed by atoms with E-state index in [2.05, 4.69) is 37.4 Å². The highest BCUT2D eigenvalue weighted by Gasteiger charge is 2.26. The first kappa shape index (κ1) is 22.2. The second kappa shape index (κ2) is 9.30. The molecule has 3 heterocycles. The van der Waals surface area contributed by atoms with Crippen molar-refractivity contribution in [2.24, 2.45) is 0 Å². The number of nitrogens with zero attached hydrogens (tertiary/aromatic N) is 3. The van der Waals surface area contributed by atoms with Crippen molar-refractivity contribution in [3.8, 4) is 0 Å². The fourth-order valence-corrected chi connectivity index (χ4v) is 4.44. The van der Waals surface area contributed by atoms with Gasteiger partial charge in [-0.25, -0.2) is 0 Å². The van der Waals surface area contributed by atoms with Crippen LogP contribution in [0.1, 0.15) is 40.2 Å². The highest BCUT2D eigenvalue weighted by atomic mass is 16.2. The zero-order valence-electron chi connectivity index (χ0n) is 19.6. The van der Waals surface area contributed by atoms with Crippen molar-refractivity contribution in [1.29, 1.82) is 0 Å². The SMILES string of the molecule is Cc1c(Nc2cc[nH]c(=O)c2C(=O)Nc2ccc(N3CCN(C)CC3)cc2)cncc1C1CC1. The topological polar surface area (TPSA) is 93.4 Å². The van der Waals surface area contributed by atoms with Gasteiger partial charge in [0.1, 0.15) is 5.56 Å². The van der Waals surface area contributed by atoms with E-state index in [1.54, 1.807) is 18.5 Å². The van der Waals surface area contributed by atoms with Crippen LogP contribution >= 0.6 is 0 Å². The Morgan fingerprint density at radius 3 is 2.47 bits per heavy atom. The van der Waals surface area contributed by atoms with Gasteiger partial charge in [0.25, 0.3) is 11.5 Å². The summed E-state index contributed by atoms with van der Waals surface area (Å²) in [5, 5.41) is 6.15. The minimum absolute atomic E-state index is 0.0434. The van der Waals surface area contributed by atoms with Crippen molar-refractivity contribution in [1.82, 2.24) is 14.9 Å². The quantitative estimate of drug-likeness (QED) is 0.522. The number of aromatic nitrogens is 2. The lowest BCUT2D eigenvalue weighted by atomic mass is 10.1. The van der Waals surface area contributed by atoms with Gasteiger partial charge in [0.2, 0.25) is 0 Å². The number of carbonyl (C=O) groups excluding carboxylic acids is 1. The molecular weight excluding hydrogens is 428 g/mol. The van der Waals surface area contributed by atoms with E-state index in [0.717, 1.165) is 43.1 Å². The number of aromatic amines is 1. The Morgan fingerprint density at radius 1 is 1.03 bits per heavy atom. The second-order valence-corrected chi connectivity index (χ2v) is 9.19. The van der Waals surface area contributed by atoms with E-state index in [1.807, 2.05) is 37.4 Å². The van der Waals surface area contributed by atoms with Crippen LogP contribution in [0.5, 0.6) is 0 Å². The van der Waals surface area contributed by atoms with E-state index in [-0.39, 0.29) is 5.56 Å². The molecule has 1 aromatic carbocycles. The third-order valence-electron chi connectivity index (χ3n) is 6.72. The van der Waals surface area contributed by atoms with Crippen LogP contribution in [-0.2, 0) is 0 Å². The molecule has 8 nitrogen and oxygen atoms in total. The monoisotopic (exact) mass is 458 g/mol. The van der Waals surface area contributed by atoms with E-state index >= 15 is 0 Å². The number of pyridine rings is 2. The summed E-state index contributed by atoms with van der Waals surface area (Å²) in [6, 6.07) is 9.48. The lowest BCUT2D eigenvalue weighted by molar-refractivity contribution is 0.102. The van der Waals surface area contributed by atoms with Crippen LogP contribution in [0.2, 0.25) is 0 Å². The third-order valence-corrected chi connectivity index (χ3v) is 6.72. The van der Waals surface area contributed by atoms with Crippen molar-refractivity contribution in [3.63, 3.8) is 0 Å². The van der Waals surface area contributed by atoms with Crippen molar-refractivity contribution >= 4 is 28.7 Å². The first-order valence-corrected chi connectivity index (χ1v) is 11.8. The van der Waals surface area contributed by atoms with Gasteiger partial charge in [-0.05, 0) is 74.2 Å². The summed E-state index contributed by atoms with van der Waals surface area (Å²) in [6.45, 7) is 6.07. The molecule has 8 heteroatoms. The zero-order valence-corrected chi connectivity index (χ0v) is 19.6. The average Bonchev–Trinajstić information content (AvgIpc) is 3.67. The number of H-pyrrole nitrogens is 1. The van der Waals surface area contributed by atoms with Crippen LogP contribution < -0.4 is 21.1 Å². The standard InChI is InChI=1S/C26H30N6O2/c1-17-21(18-3-4-18)15-27-16-23(17)30-22-9-10-28-25(33)24(22)26(34)29-19-5-7-20(8-6-19)32-13-11-31(2)12-14-32/h5-10,15-16,18H,3-4,11-14H2,1-2H3,(H,29,34)(H2,28,30,33). The van der Waals surface area contributed by atoms with Crippen LogP contribution in [0, 0.1) is 6.92 Å². The molecule has 0 radical (unpaired) electrons. The minimum atomic E-state index is -0.458. The molecule has 1 aliphatic heterocycles. The van der Waals surface area contributed by atoms with Gasteiger partial charge < -0.3 is 25.4 Å². The number of benzene rings is 1. The molecule has 5 rings (SSSR count). The molecule has 0 bridgehead atoms. The number of piperazine rings is 1. The molecule has 2 aliphatic rings. The van der Waals surface area contributed by atoms with Gasteiger partial charge in [0.05, 0.1) is 17.6 Å². The highest BCUT2D eigenvalue weighted by Crippen LogP contribution is 2.42. The maximum atomic E-state index is 13.1. The molecule has 3 N–H and O–H groups in total. The fraction of sp³-hybridized carbons (Fsp3) is 0.346. The number of hydrogen-bond donors (Lipinski definition) is 3. The van der Waals surface area contributed by atoms with Crippen molar-refractivity contribution < 1.29 is 4.79 Å². The van der Waals surface area contributed by atoms with E-state index in [1.165, 1.54) is 18.4 Å². The summed E-state index contributed by atoms with van der Waals surface area (Å²) in [6.07, 6.45) is 7.55. The molecule has 34 heavy (non-hydrogen) atoms. The molecule has 1 amide bonds. The molecular formula is C26H30N6O2. The largest absolute Gasteiger partial charge is 0.369 e. The Kier molecular flexibility index (Phi) is 6.06. The Bertz CT molecular complexity index is 1240. The maximum Gasteiger partial charge on any atom is 0.263 e. The summed E-state index contributed by atoms with van der Waals surface area (Å²) in [7, 11) is 2.13. The van der Waals surface area contributed by atoms with Gasteiger partial charge in [-0.15, -0.1) is 0 Å². The smallest absolute Gasteiger partial charge is 0.263 e. The van der Waals surface area contributed by atoms with E-state index in [0.29, 0.717) is 17.3 Å². The fourth-order valence-electron chi connectivity index (χ4n) is 4.44. The van der Waals surface area contributed by atoms with Crippen LogP contribution in [0.3, 0.4) is 0 Å². The zero-order chi connectivity index (χ0) is 23.7. The maximum absolute atomic E-state index is 13.1. The molecule has 176 valence electrons. The molecule has 1 aliphatic carbocycles. The van der Waals surface area contributed by atoms with Gasteiger partial charge in [0.15, 0.2) is 0 Å².